The summed E-state index contributed by atoms with van der Waals surface area (Å²) in [5, 5.41) is 13.0. The molecule has 4 nitrogen and oxygen atoms in total. The van der Waals surface area contributed by atoms with Gasteiger partial charge in [-0.1, -0.05) is 0 Å². The minimum atomic E-state index is 0.305. The molecule has 1 saturated heterocycles. The summed E-state index contributed by atoms with van der Waals surface area (Å²) in [6, 6.07) is 3.55. The standard InChI is InChI=1S/C11H17N3O/c1-9-2-3-11(15)10(13-9)8-14-6-4-12-5-7-14/h2-3,12,15H,4-8H2,1H3. The monoisotopic (exact) mass is 207 g/mol. The fourth-order valence-electron chi connectivity index (χ4n) is 1.80. The second-order valence-corrected chi connectivity index (χ2v) is 3.94. The van der Waals surface area contributed by atoms with Crippen LogP contribution in [0.1, 0.15) is 11.4 Å². The third-order valence-corrected chi connectivity index (χ3v) is 2.67. The summed E-state index contributed by atoms with van der Waals surface area (Å²) in [4.78, 5) is 6.66. The molecular weight excluding hydrogens is 190 g/mol. The first-order valence-corrected chi connectivity index (χ1v) is 5.34. The van der Waals surface area contributed by atoms with Gasteiger partial charge in [-0.2, -0.15) is 0 Å². The molecule has 82 valence electrons. The van der Waals surface area contributed by atoms with Crippen LogP contribution in [-0.2, 0) is 6.54 Å². The lowest BCUT2D eigenvalue weighted by atomic mass is 10.2. The average Bonchev–Trinajstić information content (AvgIpc) is 2.25. The number of rotatable bonds is 2. The highest BCUT2D eigenvalue weighted by atomic mass is 16.3. The third-order valence-electron chi connectivity index (χ3n) is 2.67. The van der Waals surface area contributed by atoms with Crippen molar-refractivity contribution in [3.8, 4) is 5.75 Å². The van der Waals surface area contributed by atoms with Crippen LogP contribution in [0.2, 0.25) is 0 Å². The zero-order chi connectivity index (χ0) is 10.7. The Bertz CT molecular complexity index is 335. The van der Waals surface area contributed by atoms with Crippen molar-refractivity contribution in [3.63, 3.8) is 0 Å². The fraction of sp³-hybridized carbons (Fsp3) is 0.545. The molecule has 1 fully saturated rings. The molecule has 2 rings (SSSR count). The number of hydrogen-bond donors (Lipinski definition) is 2. The Morgan fingerprint density at radius 2 is 2.13 bits per heavy atom. The van der Waals surface area contributed by atoms with E-state index in [0.717, 1.165) is 44.1 Å². The van der Waals surface area contributed by atoms with E-state index in [2.05, 4.69) is 15.2 Å². The second-order valence-electron chi connectivity index (χ2n) is 3.94. The Hall–Kier alpha value is -1.13. The number of pyridine rings is 1. The van der Waals surface area contributed by atoms with Crippen LogP contribution in [0.3, 0.4) is 0 Å². The van der Waals surface area contributed by atoms with Crippen molar-refractivity contribution in [3.05, 3.63) is 23.5 Å². The van der Waals surface area contributed by atoms with Gasteiger partial charge in [-0.05, 0) is 19.1 Å². The van der Waals surface area contributed by atoms with Crippen LogP contribution in [0.25, 0.3) is 0 Å². The van der Waals surface area contributed by atoms with Gasteiger partial charge >= 0.3 is 0 Å². The van der Waals surface area contributed by atoms with Gasteiger partial charge in [0, 0.05) is 38.4 Å². The third kappa shape index (κ3) is 2.67. The molecule has 2 N–H and O–H groups in total. The van der Waals surface area contributed by atoms with E-state index >= 15 is 0 Å². The smallest absolute Gasteiger partial charge is 0.138 e. The van der Waals surface area contributed by atoms with Gasteiger partial charge < -0.3 is 10.4 Å². The van der Waals surface area contributed by atoms with Crippen molar-refractivity contribution in [1.29, 1.82) is 0 Å². The maximum absolute atomic E-state index is 9.66. The van der Waals surface area contributed by atoms with Crippen molar-refractivity contribution in [2.75, 3.05) is 26.2 Å². The summed E-state index contributed by atoms with van der Waals surface area (Å²) in [6.07, 6.45) is 0. The quantitative estimate of drug-likeness (QED) is 0.741. The first-order chi connectivity index (χ1) is 7.25. The summed E-state index contributed by atoms with van der Waals surface area (Å²) in [6.45, 7) is 6.78. The van der Waals surface area contributed by atoms with Gasteiger partial charge in [0.1, 0.15) is 5.75 Å². The molecule has 0 atom stereocenters. The van der Waals surface area contributed by atoms with Gasteiger partial charge in [0.05, 0.1) is 5.69 Å². The van der Waals surface area contributed by atoms with Crippen molar-refractivity contribution >= 4 is 0 Å². The van der Waals surface area contributed by atoms with E-state index in [4.69, 9.17) is 0 Å². The molecule has 0 unspecified atom stereocenters. The minimum absolute atomic E-state index is 0.305. The van der Waals surface area contributed by atoms with Gasteiger partial charge in [0.25, 0.3) is 0 Å². The Morgan fingerprint density at radius 3 is 2.87 bits per heavy atom. The number of aromatic nitrogens is 1. The molecule has 0 bridgehead atoms. The largest absolute Gasteiger partial charge is 0.506 e. The lowest BCUT2D eigenvalue weighted by molar-refractivity contribution is 0.227. The normalized spacial score (nSPS) is 17.9. The Morgan fingerprint density at radius 1 is 1.40 bits per heavy atom. The molecule has 0 amide bonds. The van der Waals surface area contributed by atoms with E-state index in [-0.39, 0.29) is 0 Å². The van der Waals surface area contributed by atoms with E-state index in [9.17, 15) is 5.11 Å². The summed E-state index contributed by atoms with van der Waals surface area (Å²) in [7, 11) is 0. The molecule has 2 heterocycles. The van der Waals surface area contributed by atoms with Crippen LogP contribution in [0.4, 0.5) is 0 Å². The van der Waals surface area contributed by atoms with Gasteiger partial charge in [-0.3, -0.25) is 9.88 Å². The summed E-state index contributed by atoms with van der Waals surface area (Å²) in [5.74, 6) is 0.305. The summed E-state index contributed by atoms with van der Waals surface area (Å²) in [5.41, 5.74) is 1.75. The second kappa shape index (κ2) is 4.59. The molecule has 4 heteroatoms. The predicted molar refractivity (Wildman–Crippen MR) is 58.8 cm³/mol. The number of aryl methyl sites for hydroxylation is 1. The van der Waals surface area contributed by atoms with Crippen LogP contribution in [0, 0.1) is 6.92 Å². The highest BCUT2D eigenvalue weighted by Crippen LogP contribution is 2.16. The van der Waals surface area contributed by atoms with Gasteiger partial charge in [-0.15, -0.1) is 0 Å². The van der Waals surface area contributed by atoms with Gasteiger partial charge in [0.2, 0.25) is 0 Å². The maximum atomic E-state index is 9.66. The molecule has 15 heavy (non-hydrogen) atoms. The molecule has 1 aliphatic heterocycles. The molecule has 0 spiro atoms. The number of nitrogens with one attached hydrogen (secondary N) is 1. The molecule has 1 aliphatic rings. The fourth-order valence-corrected chi connectivity index (χ4v) is 1.80. The Labute approximate surface area is 89.9 Å². The van der Waals surface area contributed by atoms with Crippen LogP contribution < -0.4 is 5.32 Å². The Kier molecular flexibility index (Phi) is 3.18. The lowest BCUT2D eigenvalue weighted by Crippen LogP contribution is -2.43. The van der Waals surface area contributed by atoms with E-state index in [0.29, 0.717) is 5.75 Å². The molecule has 1 aromatic heterocycles. The first-order valence-electron chi connectivity index (χ1n) is 5.34. The number of hydrogen-bond acceptors (Lipinski definition) is 4. The van der Waals surface area contributed by atoms with Crippen molar-refractivity contribution in [2.45, 2.75) is 13.5 Å². The van der Waals surface area contributed by atoms with Crippen LogP contribution in [0.15, 0.2) is 12.1 Å². The maximum Gasteiger partial charge on any atom is 0.138 e. The highest BCUT2D eigenvalue weighted by Gasteiger charge is 2.12. The topological polar surface area (TPSA) is 48.4 Å². The minimum Gasteiger partial charge on any atom is -0.506 e. The first kappa shape index (κ1) is 10.4. The molecule has 0 saturated carbocycles. The van der Waals surface area contributed by atoms with Crippen molar-refractivity contribution < 1.29 is 5.11 Å². The molecule has 1 aromatic rings. The molecule has 0 aliphatic carbocycles. The number of piperazine rings is 1. The van der Waals surface area contributed by atoms with E-state index in [1.54, 1.807) is 6.07 Å². The van der Waals surface area contributed by atoms with Crippen LogP contribution >= 0.6 is 0 Å². The zero-order valence-corrected chi connectivity index (χ0v) is 9.03. The van der Waals surface area contributed by atoms with Crippen LogP contribution in [0.5, 0.6) is 5.75 Å². The zero-order valence-electron chi connectivity index (χ0n) is 9.03. The predicted octanol–water partition coefficient (Wildman–Crippen LogP) is 0.501. The molecule has 0 radical (unpaired) electrons. The number of nitrogens with zero attached hydrogens (tertiary/aromatic N) is 2. The average molecular weight is 207 g/mol. The molecule has 0 aromatic carbocycles. The Balaban J connectivity index is 2.05. The van der Waals surface area contributed by atoms with E-state index in [1.807, 2.05) is 13.0 Å². The van der Waals surface area contributed by atoms with E-state index in [1.165, 1.54) is 0 Å². The lowest BCUT2D eigenvalue weighted by Gasteiger charge is -2.26. The SMILES string of the molecule is Cc1ccc(O)c(CN2CCNCC2)n1. The highest BCUT2D eigenvalue weighted by molar-refractivity contribution is 5.27. The van der Waals surface area contributed by atoms with Crippen molar-refractivity contribution in [2.24, 2.45) is 0 Å². The summed E-state index contributed by atoms with van der Waals surface area (Å²) >= 11 is 0. The molecular formula is C11H17N3O. The van der Waals surface area contributed by atoms with E-state index < -0.39 is 0 Å². The number of aromatic hydroxyl groups is 1. The van der Waals surface area contributed by atoms with Crippen molar-refractivity contribution in [1.82, 2.24) is 15.2 Å². The van der Waals surface area contributed by atoms with Gasteiger partial charge in [0.15, 0.2) is 0 Å². The summed E-state index contributed by atoms with van der Waals surface area (Å²) < 4.78 is 0. The van der Waals surface area contributed by atoms with Gasteiger partial charge in [-0.25, -0.2) is 0 Å². The van der Waals surface area contributed by atoms with Crippen LogP contribution in [-0.4, -0.2) is 41.2 Å².